The molecule has 0 spiro atoms. The van der Waals surface area contributed by atoms with E-state index < -0.39 is 31.8 Å². The minimum absolute atomic E-state index is 0.0419. The average Bonchev–Trinajstić information content (AvgIpc) is 3.12. The van der Waals surface area contributed by atoms with E-state index in [1.54, 1.807) is 6.92 Å². The SMILES string of the molecule is Cc1cc(NC(=O)c2cccc(S(=O)(=O)NC3CCS(=O)(=O)C3)c2)no1. The first-order valence-electron chi connectivity index (χ1n) is 7.72. The Balaban J connectivity index is 1.76. The van der Waals surface area contributed by atoms with Gasteiger partial charge in [0.2, 0.25) is 10.0 Å². The van der Waals surface area contributed by atoms with Gasteiger partial charge in [0.15, 0.2) is 15.7 Å². The fourth-order valence-electron chi connectivity index (χ4n) is 2.59. The molecule has 140 valence electrons. The Morgan fingerprint density at radius 2 is 2.08 bits per heavy atom. The highest BCUT2D eigenvalue weighted by Gasteiger charge is 2.31. The number of rotatable bonds is 5. The van der Waals surface area contributed by atoms with Gasteiger partial charge in [0.05, 0.1) is 16.4 Å². The summed E-state index contributed by atoms with van der Waals surface area (Å²) in [5.74, 6) is -0.0707. The summed E-state index contributed by atoms with van der Waals surface area (Å²) in [5.41, 5.74) is 0.118. The number of aryl methyl sites for hydroxylation is 1. The number of aromatic nitrogens is 1. The van der Waals surface area contributed by atoms with E-state index in [1.807, 2.05) is 0 Å². The fourth-order valence-corrected chi connectivity index (χ4v) is 5.69. The molecule has 1 fully saturated rings. The Morgan fingerprint density at radius 3 is 2.69 bits per heavy atom. The first-order valence-corrected chi connectivity index (χ1v) is 11.0. The number of nitrogens with one attached hydrogen (secondary N) is 2. The molecule has 1 aliphatic rings. The predicted molar refractivity (Wildman–Crippen MR) is 93.0 cm³/mol. The van der Waals surface area contributed by atoms with Crippen LogP contribution in [0.3, 0.4) is 0 Å². The van der Waals surface area contributed by atoms with E-state index in [4.69, 9.17) is 4.52 Å². The molecule has 2 heterocycles. The van der Waals surface area contributed by atoms with Gasteiger partial charge >= 0.3 is 0 Å². The molecule has 1 aromatic carbocycles. The lowest BCUT2D eigenvalue weighted by atomic mass is 10.2. The third kappa shape index (κ3) is 4.29. The van der Waals surface area contributed by atoms with Gasteiger partial charge in [0, 0.05) is 17.7 Å². The smallest absolute Gasteiger partial charge is 0.256 e. The third-order valence-corrected chi connectivity index (χ3v) is 7.12. The molecule has 1 amide bonds. The van der Waals surface area contributed by atoms with Crippen molar-refractivity contribution in [1.29, 1.82) is 0 Å². The fraction of sp³-hybridized carbons (Fsp3) is 0.333. The van der Waals surface area contributed by atoms with Gasteiger partial charge in [-0.05, 0) is 31.5 Å². The van der Waals surface area contributed by atoms with E-state index in [0.29, 0.717) is 5.76 Å². The topological polar surface area (TPSA) is 135 Å². The first kappa shape index (κ1) is 18.5. The number of nitrogens with zero attached hydrogens (tertiary/aromatic N) is 1. The average molecular weight is 399 g/mol. The van der Waals surface area contributed by atoms with Gasteiger partial charge < -0.3 is 9.84 Å². The standard InChI is InChI=1S/C15H17N3O6S2/c1-10-7-14(17-24-10)16-15(19)11-3-2-4-13(8-11)26(22,23)18-12-5-6-25(20,21)9-12/h2-4,7-8,12,18H,5-6,9H2,1H3,(H,16,17,19). The Hall–Kier alpha value is -2.24. The monoisotopic (exact) mass is 399 g/mol. The van der Waals surface area contributed by atoms with E-state index in [9.17, 15) is 21.6 Å². The second-order valence-electron chi connectivity index (χ2n) is 6.03. The van der Waals surface area contributed by atoms with Crippen molar-refractivity contribution in [3.63, 3.8) is 0 Å². The van der Waals surface area contributed by atoms with E-state index in [-0.39, 0.29) is 34.2 Å². The zero-order valence-electron chi connectivity index (χ0n) is 13.8. The lowest BCUT2D eigenvalue weighted by Crippen LogP contribution is -2.35. The highest BCUT2D eigenvalue weighted by atomic mass is 32.2. The summed E-state index contributed by atoms with van der Waals surface area (Å²) < 4.78 is 55.1. The van der Waals surface area contributed by atoms with Crippen molar-refractivity contribution in [1.82, 2.24) is 9.88 Å². The van der Waals surface area contributed by atoms with E-state index in [1.165, 1.54) is 30.3 Å². The van der Waals surface area contributed by atoms with Crippen LogP contribution in [0.15, 0.2) is 39.8 Å². The van der Waals surface area contributed by atoms with Crippen LogP contribution in [-0.4, -0.2) is 45.4 Å². The van der Waals surface area contributed by atoms with Crippen LogP contribution in [-0.2, 0) is 19.9 Å². The maximum atomic E-state index is 12.5. The highest BCUT2D eigenvalue weighted by molar-refractivity contribution is 7.92. The zero-order chi connectivity index (χ0) is 18.9. The van der Waals surface area contributed by atoms with Gasteiger partial charge in [-0.15, -0.1) is 0 Å². The Labute approximate surface area is 150 Å². The highest BCUT2D eigenvalue weighted by Crippen LogP contribution is 2.17. The number of carbonyl (C=O) groups is 1. The molecule has 11 heteroatoms. The number of anilines is 1. The summed E-state index contributed by atoms with van der Waals surface area (Å²) in [6, 6.07) is 6.31. The van der Waals surface area contributed by atoms with Crippen LogP contribution in [0.2, 0.25) is 0 Å². The van der Waals surface area contributed by atoms with E-state index in [2.05, 4.69) is 15.2 Å². The summed E-state index contributed by atoms with van der Waals surface area (Å²) in [7, 11) is -7.16. The van der Waals surface area contributed by atoms with Crippen LogP contribution in [0.5, 0.6) is 0 Å². The lowest BCUT2D eigenvalue weighted by molar-refractivity contribution is 0.102. The third-order valence-electron chi connectivity index (χ3n) is 3.83. The molecule has 26 heavy (non-hydrogen) atoms. The van der Waals surface area contributed by atoms with E-state index in [0.717, 1.165) is 0 Å². The molecule has 0 radical (unpaired) electrons. The zero-order valence-corrected chi connectivity index (χ0v) is 15.4. The number of benzene rings is 1. The maximum Gasteiger partial charge on any atom is 0.256 e. The van der Waals surface area contributed by atoms with Crippen molar-refractivity contribution in [2.45, 2.75) is 24.3 Å². The van der Waals surface area contributed by atoms with Crippen LogP contribution in [0, 0.1) is 6.92 Å². The predicted octanol–water partition coefficient (Wildman–Crippen LogP) is 0.701. The summed E-state index contributed by atoms with van der Waals surface area (Å²) in [5, 5.41) is 6.14. The van der Waals surface area contributed by atoms with Crippen molar-refractivity contribution in [3.05, 3.63) is 41.7 Å². The summed E-state index contributed by atoms with van der Waals surface area (Å²) in [6.45, 7) is 1.67. The van der Waals surface area contributed by atoms with Crippen LogP contribution < -0.4 is 10.0 Å². The van der Waals surface area contributed by atoms with E-state index >= 15 is 0 Å². The molecular formula is C15H17N3O6S2. The van der Waals surface area contributed by atoms with Crippen molar-refractivity contribution in [2.24, 2.45) is 0 Å². The normalized spacial score (nSPS) is 19.3. The molecule has 2 aromatic rings. The molecule has 1 saturated heterocycles. The second-order valence-corrected chi connectivity index (χ2v) is 9.97. The van der Waals surface area contributed by atoms with Crippen molar-refractivity contribution in [2.75, 3.05) is 16.8 Å². The molecule has 0 aliphatic carbocycles. The molecule has 9 nitrogen and oxygen atoms in total. The molecule has 0 saturated carbocycles. The Kier molecular flexibility index (Phi) is 4.86. The number of sulfone groups is 1. The second kappa shape index (κ2) is 6.82. The summed E-state index contributed by atoms with van der Waals surface area (Å²) in [6.07, 6.45) is 0.229. The maximum absolute atomic E-state index is 12.5. The van der Waals surface area contributed by atoms with Gasteiger partial charge in [0.25, 0.3) is 5.91 Å². The molecule has 1 unspecified atom stereocenters. The van der Waals surface area contributed by atoms with Crippen molar-refractivity contribution < 1.29 is 26.2 Å². The molecule has 0 bridgehead atoms. The van der Waals surface area contributed by atoms with Crippen LogP contribution in [0.25, 0.3) is 0 Å². The minimum atomic E-state index is -3.95. The number of sulfonamides is 1. The van der Waals surface area contributed by atoms with Crippen LogP contribution in [0.4, 0.5) is 5.82 Å². The van der Waals surface area contributed by atoms with Gasteiger partial charge in [-0.25, -0.2) is 21.6 Å². The van der Waals surface area contributed by atoms with Crippen molar-refractivity contribution in [3.8, 4) is 0 Å². The number of carbonyl (C=O) groups excluding carboxylic acids is 1. The van der Waals surface area contributed by atoms with Gasteiger partial charge in [-0.3, -0.25) is 4.79 Å². The van der Waals surface area contributed by atoms with Crippen molar-refractivity contribution >= 4 is 31.6 Å². The number of hydrogen-bond donors (Lipinski definition) is 2. The summed E-state index contributed by atoms with van der Waals surface area (Å²) in [4.78, 5) is 12.1. The largest absolute Gasteiger partial charge is 0.360 e. The molecule has 3 rings (SSSR count). The van der Waals surface area contributed by atoms with Gasteiger partial charge in [-0.1, -0.05) is 11.2 Å². The lowest BCUT2D eigenvalue weighted by Gasteiger charge is -2.12. The molecular weight excluding hydrogens is 382 g/mol. The molecule has 1 atom stereocenters. The van der Waals surface area contributed by atoms with Crippen LogP contribution >= 0.6 is 0 Å². The Bertz CT molecular complexity index is 1040. The van der Waals surface area contributed by atoms with Crippen LogP contribution in [0.1, 0.15) is 22.5 Å². The van der Waals surface area contributed by atoms with Gasteiger partial charge in [0.1, 0.15) is 5.76 Å². The van der Waals surface area contributed by atoms with Gasteiger partial charge in [-0.2, -0.15) is 0 Å². The first-order chi connectivity index (χ1) is 12.1. The minimum Gasteiger partial charge on any atom is -0.360 e. The molecule has 1 aromatic heterocycles. The summed E-state index contributed by atoms with van der Waals surface area (Å²) >= 11 is 0. The Morgan fingerprint density at radius 1 is 1.31 bits per heavy atom. The molecule has 1 aliphatic heterocycles. The number of amides is 1. The number of hydrogen-bond acceptors (Lipinski definition) is 7. The molecule has 2 N–H and O–H groups in total. The quantitative estimate of drug-likeness (QED) is 0.755.